The number of hydrogen-bond donors (Lipinski definition) is 0. The van der Waals surface area contributed by atoms with Gasteiger partial charge in [-0.15, -0.1) is 20.1 Å². The van der Waals surface area contributed by atoms with E-state index in [0.29, 0.717) is 0 Å². The van der Waals surface area contributed by atoms with E-state index >= 15 is 0 Å². The molecule has 10 heavy (non-hydrogen) atoms. The first-order chi connectivity index (χ1) is 4.97. The van der Waals surface area contributed by atoms with Gasteiger partial charge in [0, 0.05) is 0 Å². The Morgan fingerprint density at radius 1 is 1.30 bits per heavy atom. The SMILES string of the molecule is [c]1nnn(-n2ccnn2)n1. The lowest BCUT2D eigenvalue weighted by Gasteiger charge is -1.90. The molecule has 2 aromatic heterocycles. The fraction of sp³-hybridized carbons (Fsp3) is 0. The highest BCUT2D eigenvalue weighted by molar-refractivity contribution is 4.62. The van der Waals surface area contributed by atoms with Gasteiger partial charge in [-0.05, 0) is 15.3 Å². The Morgan fingerprint density at radius 3 is 2.90 bits per heavy atom. The smallest absolute Gasteiger partial charge is 0.137 e. The van der Waals surface area contributed by atoms with Crippen molar-refractivity contribution in [2.24, 2.45) is 0 Å². The lowest BCUT2D eigenvalue weighted by Crippen LogP contribution is -2.13. The average molecular weight is 136 g/mol. The molecule has 0 aromatic carbocycles. The predicted octanol–water partition coefficient (Wildman–Crippen LogP) is -1.62. The molecule has 49 valence electrons. The van der Waals surface area contributed by atoms with Crippen LogP contribution in [-0.2, 0) is 0 Å². The minimum atomic E-state index is 1.16. The average Bonchev–Trinajstić information content (AvgIpc) is 2.59. The molecule has 2 rings (SSSR count). The van der Waals surface area contributed by atoms with Crippen LogP contribution < -0.4 is 0 Å². The molecule has 2 aromatic rings. The summed E-state index contributed by atoms with van der Waals surface area (Å²) in [5.74, 6) is 0. The number of aromatic nitrogens is 7. The molecular weight excluding hydrogens is 134 g/mol. The first-order valence-corrected chi connectivity index (χ1v) is 2.50. The first kappa shape index (κ1) is 5.03. The fourth-order valence-corrected chi connectivity index (χ4v) is 0.524. The second-order valence-corrected chi connectivity index (χ2v) is 1.48. The van der Waals surface area contributed by atoms with Crippen molar-refractivity contribution >= 4 is 0 Å². The van der Waals surface area contributed by atoms with Crippen molar-refractivity contribution in [3.63, 3.8) is 0 Å². The summed E-state index contributed by atoms with van der Waals surface area (Å²) in [4.78, 5) is 2.48. The molecule has 0 saturated heterocycles. The zero-order valence-electron chi connectivity index (χ0n) is 4.79. The summed E-state index contributed by atoms with van der Waals surface area (Å²) in [5.41, 5.74) is 0. The monoisotopic (exact) mass is 136 g/mol. The Morgan fingerprint density at radius 2 is 2.30 bits per heavy atom. The van der Waals surface area contributed by atoms with E-state index in [1.54, 1.807) is 6.20 Å². The number of rotatable bonds is 1. The van der Waals surface area contributed by atoms with Gasteiger partial charge in [-0.1, -0.05) is 0 Å². The molecule has 0 atom stereocenters. The van der Waals surface area contributed by atoms with Crippen LogP contribution in [-0.4, -0.2) is 35.4 Å². The van der Waals surface area contributed by atoms with E-state index in [9.17, 15) is 0 Å². The zero-order valence-corrected chi connectivity index (χ0v) is 4.79. The molecule has 0 spiro atoms. The lowest BCUT2D eigenvalue weighted by atomic mass is 11.0. The van der Waals surface area contributed by atoms with Gasteiger partial charge in [0.1, 0.15) is 0 Å². The van der Waals surface area contributed by atoms with Crippen LogP contribution in [0.4, 0.5) is 0 Å². The van der Waals surface area contributed by atoms with Gasteiger partial charge in [0.25, 0.3) is 0 Å². The molecule has 1 radical (unpaired) electrons. The summed E-state index contributed by atoms with van der Waals surface area (Å²) in [6.07, 6.45) is 5.39. The van der Waals surface area contributed by atoms with Gasteiger partial charge in [0.05, 0.1) is 12.4 Å². The van der Waals surface area contributed by atoms with Gasteiger partial charge in [-0.2, -0.15) is 0 Å². The molecular formula is C3H2N7. The standard InChI is InChI=1S/C3H2N7/c1-2-9(7-4-1)10-6-3-5-8-10/h1-2H. The molecule has 0 unspecified atom stereocenters. The van der Waals surface area contributed by atoms with E-state index in [-0.39, 0.29) is 0 Å². The molecule has 0 saturated carbocycles. The molecule has 0 fully saturated rings. The van der Waals surface area contributed by atoms with E-state index in [4.69, 9.17) is 0 Å². The highest BCUT2D eigenvalue weighted by Crippen LogP contribution is 1.76. The summed E-state index contributed by atoms with van der Waals surface area (Å²) in [6, 6.07) is 0. The summed E-state index contributed by atoms with van der Waals surface area (Å²) >= 11 is 0. The summed E-state index contributed by atoms with van der Waals surface area (Å²) in [5, 5.41) is 17.6. The van der Waals surface area contributed by atoms with Crippen LogP contribution in [0.2, 0.25) is 0 Å². The normalized spacial score (nSPS) is 10.0. The van der Waals surface area contributed by atoms with E-state index in [1.807, 2.05) is 0 Å². The highest BCUT2D eigenvalue weighted by Gasteiger charge is 1.93. The third-order valence-corrected chi connectivity index (χ3v) is 0.897. The van der Waals surface area contributed by atoms with E-state index in [2.05, 4.69) is 32.1 Å². The van der Waals surface area contributed by atoms with Crippen molar-refractivity contribution in [3.05, 3.63) is 18.7 Å². The zero-order chi connectivity index (χ0) is 6.81. The Bertz CT molecular complexity index is 248. The third kappa shape index (κ3) is 0.642. The fourth-order valence-electron chi connectivity index (χ4n) is 0.524. The van der Waals surface area contributed by atoms with Gasteiger partial charge in [0.2, 0.25) is 6.33 Å². The minimum absolute atomic E-state index is 1.16. The molecule has 2 heterocycles. The summed E-state index contributed by atoms with van der Waals surface area (Å²) < 4.78 is 0. The van der Waals surface area contributed by atoms with Crippen LogP contribution in [0.3, 0.4) is 0 Å². The van der Waals surface area contributed by atoms with Gasteiger partial charge in [-0.3, -0.25) is 0 Å². The molecule has 0 aliphatic carbocycles. The quantitative estimate of drug-likeness (QED) is 0.470. The van der Waals surface area contributed by atoms with Crippen molar-refractivity contribution in [1.29, 1.82) is 0 Å². The topological polar surface area (TPSA) is 74.3 Å². The second-order valence-electron chi connectivity index (χ2n) is 1.48. The molecule has 0 aliphatic heterocycles. The first-order valence-electron chi connectivity index (χ1n) is 2.50. The van der Waals surface area contributed by atoms with Crippen LogP contribution >= 0.6 is 0 Å². The largest absolute Gasteiger partial charge is 0.248 e. The van der Waals surface area contributed by atoms with Gasteiger partial charge < -0.3 is 0 Å². The minimum Gasteiger partial charge on any atom is -0.137 e. The maximum Gasteiger partial charge on any atom is 0.248 e. The lowest BCUT2D eigenvalue weighted by molar-refractivity contribution is 0.420. The molecule has 0 bridgehead atoms. The van der Waals surface area contributed by atoms with Crippen molar-refractivity contribution < 1.29 is 0 Å². The maximum absolute atomic E-state index is 3.60. The predicted molar refractivity (Wildman–Crippen MR) is 27.5 cm³/mol. The van der Waals surface area contributed by atoms with Gasteiger partial charge in [0.15, 0.2) is 0 Å². The Hall–Kier alpha value is -1.79. The van der Waals surface area contributed by atoms with Crippen LogP contribution in [0.1, 0.15) is 0 Å². The Labute approximate surface area is 55.2 Å². The number of tetrazole rings is 1. The number of nitrogens with zero attached hydrogens (tertiary/aromatic N) is 7. The molecule has 0 N–H and O–H groups in total. The van der Waals surface area contributed by atoms with Crippen molar-refractivity contribution in [3.8, 4) is 0 Å². The summed E-state index contributed by atoms with van der Waals surface area (Å²) in [6.45, 7) is 0. The van der Waals surface area contributed by atoms with Crippen molar-refractivity contribution in [1.82, 2.24) is 35.4 Å². The van der Waals surface area contributed by atoms with Crippen LogP contribution in [0.25, 0.3) is 0 Å². The Balaban J connectivity index is 2.48. The van der Waals surface area contributed by atoms with Gasteiger partial charge >= 0.3 is 0 Å². The van der Waals surface area contributed by atoms with E-state index in [1.165, 1.54) is 11.0 Å². The van der Waals surface area contributed by atoms with Crippen molar-refractivity contribution in [2.75, 3.05) is 0 Å². The third-order valence-electron chi connectivity index (χ3n) is 0.897. The molecule has 7 heteroatoms. The molecule has 0 aliphatic rings. The maximum atomic E-state index is 3.60. The molecule has 7 nitrogen and oxygen atoms in total. The summed E-state index contributed by atoms with van der Waals surface area (Å²) in [7, 11) is 0. The van der Waals surface area contributed by atoms with E-state index < -0.39 is 0 Å². The van der Waals surface area contributed by atoms with E-state index in [0.717, 1.165) is 4.91 Å². The Kier molecular flexibility index (Phi) is 0.938. The van der Waals surface area contributed by atoms with Crippen LogP contribution in [0.15, 0.2) is 12.4 Å². The molecule has 0 amide bonds. The highest BCUT2D eigenvalue weighted by atomic mass is 15.8. The van der Waals surface area contributed by atoms with Gasteiger partial charge in [-0.25, -0.2) is 0 Å². The van der Waals surface area contributed by atoms with Crippen LogP contribution in [0.5, 0.6) is 0 Å². The van der Waals surface area contributed by atoms with Crippen LogP contribution in [0, 0.1) is 6.33 Å². The number of hydrogen-bond acceptors (Lipinski definition) is 5. The second kappa shape index (κ2) is 1.87. The van der Waals surface area contributed by atoms with Crippen molar-refractivity contribution in [2.45, 2.75) is 0 Å².